The monoisotopic (exact) mass is 298 g/mol. The predicted octanol–water partition coefficient (Wildman–Crippen LogP) is 0.0154. The number of ether oxygens (including phenoxy) is 1. The van der Waals surface area contributed by atoms with Gasteiger partial charge in [-0.15, -0.1) is 0 Å². The first-order valence-corrected chi connectivity index (χ1v) is 7.17. The summed E-state index contributed by atoms with van der Waals surface area (Å²) >= 11 is 0. The van der Waals surface area contributed by atoms with Gasteiger partial charge < -0.3 is 15.0 Å². The van der Waals surface area contributed by atoms with Gasteiger partial charge in [-0.05, 0) is 17.7 Å². The van der Waals surface area contributed by atoms with E-state index in [-0.39, 0.29) is 29.6 Å². The predicted molar refractivity (Wildman–Crippen MR) is 69.2 cm³/mol. The molecule has 1 aromatic carbocycles. The molecule has 0 amide bonds. The molecular formula is C11H14N4O4S. The van der Waals surface area contributed by atoms with Crippen LogP contribution >= 0.6 is 0 Å². The number of nitrogens with zero attached hydrogens (tertiary/aromatic N) is 2. The molecule has 0 aliphatic carbocycles. The van der Waals surface area contributed by atoms with Crippen LogP contribution < -0.4 is 15.2 Å². The van der Waals surface area contributed by atoms with Crippen LogP contribution in [0.2, 0.25) is 0 Å². The van der Waals surface area contributed by atoms with E-state index in [0.29, 0.717) is 5.56 Å². The molecule has 1 aromatic heterocycles. The van der Waals surface area contributed by atoms with Crippen molar-refractivity contribution in [3.05, 3.63) is 36.0 Å². The third kappa shape index (κ3) is 3.13. The number of aromatic nitrogens is 2. The number of hydrogen-bond donors (Lipinski definition) is 2. The first kappa shape index (κ1) is 14.4. The molecule has 0 atom stereocenters. The number of benzene rings is 1. The molecule has 8 nitrogen and oxygen atoms in total. The van der Waals surface area contributed by atoms with Crippen LogP contribution in [0.4, 0.5) is 0 Å². The first-order chi connectivity index (χ1) is 9.56. The highest BCUT2D eigenvalue weighted by Crippen LogP contribution is 2.24. The van der Waals surface area contributed by atoms with Gasteiger partial charge in [0.25, 0.3) is 0 Å². The van der Waals surface area contributed by atoms with Gasteiger partial charge in [0.15, 0.2) is 5.82 Å². The molecule has 0 saturated carbocycles. The number of nitrogens with two attached hydrogens (primary N) is 1. The summed E-state index contributed by atoms with van der Waals surface area (Å²) in [5, 5.41) is 3.52. The summed E-state index contributed by atoms with van der Waals surface area (Å²) in [7, 11) is -2.37. The Bertz CT molecular complexity index is 670. The van der Waals surface area contributed by atoms with Crippen molar-refractivity contribution < 1.29 is 17.7 Å². The minimum absolute atomic E-state index is 0.0199. The molecule has 2 aromatic rings. The topological polar surface area (TPSA) is 120 Å². The van der Waals surface area contributed by atoms with E-state index in [2.05, 4.69) is 19.4 Å². The highest BCUT2D eigenvalue weighted by Gasteiger charge is 2.20. The zero-order valence-corrected chi connectivity index (χ0v) is 11.6. The maximum absolute atomic E-state index is 12.3. The highest BCUT2D eigenvalue weighted by atomic mass is 32.2. The molecule has 0 aliphatic heterocycles. The average Bonchev–Trinajstić information content (AvgIpc) is 2.98. The lowest BCUT2D eigenvalue weighted by molar-refractivity contribution is 0.401. The van der Waals surface area contributed by atoms with Gasteiger partial charge in [0.2, 0.25) is 16.4 Å². The van der Waals surface area contributed by atoms with Crippen molar-refractivity contribution in [3.8, 4) is 5.75 Å². The van der Waals surface area contributed by atoms with E-state index < -0.39 is 10.0 Å². The van der Waals surface area contributed by atoms with Gasteiger partial charge in [-0.25, -0.2) is 13.1 Å². The van der Waals surface area contributed by atoms with Crippen LogP contribution in [0.1, 0.15) is 11.4 Å². The summed E-state index contributed by atoms with van der Waals surface area (Å²) in [6.07, 6.45) is 1.12. The molecule has 9 heteroatoms. The second kappa shape index (κ2) is 5.99. The van der Waals surface area contributed by atoms with E-state index in [9.17, 15) is 8.42 Å². The lowest BCUT2D eigenvalue weighted by atomic mass is 10.2. The van der Waals surface area contributed by atoms with Crippen molar-refractivity contribution in [1.29, 1.82) is 0 Å². The molecule has 0 fully saturated rings. The van der Waals surface area contributed by atoms with Gasteiger partial charge in [-0.2, -0.15) is 4.98 Å². The summed E-state index contributed by atoms with van der Waals surface area (Å²) in [6.45, 7) is 0.159. The van der Waals surface area contributed by atoms with E-state index in [1.807, 2.05) is 0 Å². The molecule has 0 bridgehead atoms. The van der Waals surface area contributed by atoms with Crippen LogP contribution in [-0.2, 0) is 23.1 Å². The van der Waals surface area contributed by atoms with E-state index >= 15 is 0 Å². The highest BCUT2D eigenvalue weighted by molar-refractivity contribution is 7.89. The summed E-state index contributed by atoms with van der Waals surface area (Å²) in [6, 6.07) is 4.74. The van der Waals surface area contributed by atoms with Crippen LogP contribution in [0.3, 0.4) is 0 Å². The number of methoxy groups -OCH3 is 1. The number of nitrogens with one attached hydrogen (secondary N) is 1. The SMILES string of the molecule is COc1ccc(CN)cc1S(=O)(=O)NCc1ncon1. The minimum Gasteiger partial charge on any atom is -0.495 e. The van der Waals surface area contributed by atoms with E-state index in [0.717, 1.165) is 6.39 Å². The summed E-state index contributed by atoms with van der Waals surface area (Å²) < 4.78 is 36.5. The molecule has 2 rings (SSSR count). The Kier molecular flexibility index (Phi) is 4.32. The normalized spacial score (nSPS) is 11.5. The fourth-order valence-electron chi connectivity index (χ4n) is 1.57. The number of rotatable bonds is 6. The molecule has 0 spiro atoms. The van der Waals surface area contributed by atoms with E-state index in [1.165, 1.54) is 13.2 Å². The van der Waals surface area contributed by atoms with Gasteiger partial charge in [-0.1, -0.05) is 11.2 Å². The zero-order valence-electron chi connectivity index (χ0n) is 10.7. The zero-order chi connectivity index (χ0) is 14.6. The molecule has 0 unspecified atom stereocenters. The van der Waals surface area contributed by atoms with E-state index in [1.54, 1.807) is 12.1 Å². The van der Waals surface area contributed by atoms with Gasteiger partial charge in [0, 0.05) is 6.54 Å². The maximum Gasteiger partial charge on any atom is 0.244 e. The Labute approximate surface area is 116 Å². The second-order valence-electron chi connectivity index (χ2n) is 3.86. The van der Waals surface area contributed by atoms with Crippen LogP contribution in [0.25, 0.3) is 0 Å². The minimum atomic E-state index is -3.76. The fourth-order valence-corrected chi connectivity index (χ4v) is 2.76. The lowest BCUT2D eigenvalue weighted by Crippen LogP contribution is -2.24. The van der Waals surface area contributed by atoms with Gasteiger partial charge in [0.05, 0.1) is 13.7 Å². The molecule has 1 heterocycles. The number of hydrogen-bond acceptors (Lipinski definition) is 7. The van der Waals surface area contributed by atoms with Crippen molar-refractivity contribution in [3.63, 3.8) is 0 Å². The van der Waals surface area contributed by atoms with Crippen molar-refractivity contribution in [1.82, 2.24) is 14.9 Å². The number of sulfonamides is 1. The van der Waals surface area contributed by atoms with Crippen molar-refractivity contribution in [2.45, 2.75) is 18.0 Å². The molecule has 20 heavy (non-hydrogen) atoms. The van der Waals surface area contributed by atoms with Crippen molar-refractivity contribution >= 4 is 10.0 Å². The molecule has 0 radical (unpaired) electrons. The third-order valence-electron chi connectivity index (χ3n) is 2.58. The van der Waals surface area contributed by atoms with Crippen LogP contribution in [0.15, 0.2) is 34.0 Å². The van der Waals surface area contributed by atoms with Crippen molar-refractivity contribution in [2.75, 3.05) is 7.11 Å². The summed E-state index contributed by atoms with van der Waals surface area (Å²) in [5.41, 5.74) is 6.20. The van der Waals surface area contributed by atoms with Crippen LogP contribution in [-0.4, -0.2) is 25.7 Å². The standard InChI is InChI=1S/C11H14N4O4S/c1-18-9-3-2-8(5-12)4-10(9)20(16,17)14-6-11-13-7-19-15-11/h2-4,7,14H,5-6,12H2,1H3. The largest absolute Gasteiger partial charge is 0.495 e. The van der Waals surface area contributed by atoms with Crippen LogP contribution in [0, 0.1) is 0 Å². The quantitative estimate of drug-likeness (QED) is 0.771. The van der Waals surface area contributed by atoms with Crippen LogP contribution in [0.5, 0.6) is 5.75 Å². The van der Waals surface area contributed by atoms with Gasteiger partial charge >= 0.3 is 0 Å². The lowest BCUT2D eigenvalue weighted by Gasteiger charge is -2.11. The van der Waals surface area contributed by atoms with Crippen molar-refractivity contribution in [2.24, 2.45) is 5.73 Å². The Hall–Kier alpha value is -1.97. The van der Waals surface area contributed by atoms with Gasteiger partial charge in [0.1, 0.15) is 10.6 Å². The smallest absolute Gasteiger partial charge is 0.244 e. The Morgan fingerprint density at radius 1 is 1.45 bits per heavy atom. The summed E-state index contributed by atoms with van der Waals surface area (Å²) in [4.78, 5) is 3.75. The molecule has 108 valence electrons. The average molecular weight is 298 g/mol. The second-order valence-corrected chi connectivity index (χ2v) is 5.60. The Morgan fingerprint density at radius 3 is 2.85 bits per heavy atom. The fraction of sp³-hybridized carbons (Fsp3) is 0.273. The molecule has 0 saturated heterocycles. The van der Waals surface area contributed by atoms with Gasteiger partial charge in [-0.3, -0.25) is 0 Å². The van der Waals surface area contributed by atoms with E-state index in [4.69, 9.17) is 10.5 Å². The third-order valence-corrected chi connectivity index (χ3v) is 4.00. The Balaban J connectivity index is 2.28. The first-order valence-electron chi connectivity index (χ1n) is 5.68. The molecule has 0 aliphatic rings. The Morgan fingerprint density at radius 2 is 2.25 bits per heavy atom. The maximum atomic E-state index is 12.3. The summed E-state index contributed by atoms with van der Waals surface area (Å²) in [5.74, 6) is 0.477. The molecular weight excluding hydrogens is 284 g/mol. The molecule has 3 N–H and O–H groups in total.